The van der Waals surface area contributed by atoms with E-state index in [0.29, 0.717) is 46.2 Å². The molecule has 1 fully saturated rings. The molecule has 8 heteroatoms. The zero-order valence-corrected chi connectivity index (χ0v) is 23.9. The number of Topliss-reactive ketones (excluding diaryl/α,β-unsaturated/α-hetero) is 2. The highest BCUT2D eigenvalue weighted by atomic mass is 16.7. The van der Waals surface area contributed by atoms with Gasteiger partial charge >= 0.3 is 0 Å². The van der Waals surface area contributed by atoms with E-state index in [9.17, 15) is 9.59 Å². The molecule has 8 nitrogen and oxygen atoms in total. The number of nitrogens with zero attached hydrogens (tertiary/aromatic N) is 1. The zero-order valence-electron chi connectivity index (χ0n) is 23.9. The number of carbonyl (C=O) groups excluding carboxylic acids is 3. The Morgan fingerprint density at radius 1 is 0.932 bits per heavy atom. The van der Waals surface area contributed by atoms with Crippen molar-refractivity contribution >= 4 is 29.2 Å². The third-order valence-electron chi connectivity index (χ3n) is 9.23. The molecule has 4 aromatic carbocycles. The molecule has 4 aliphatic heterocycles. The number of rotatable bonds is 6. The first-order valence-corrected chi connectivity index (χ1v) is 14.7. The van der Waals surface area contributed by atoms with Crippen molar-refractivity contribution in [3.63, 3.8) is 0 Å². The van der Waals surface area contributed by atoms with Gasteiger partial charge in [0.25, 0.3) is 0 Å². The first kappa shape index (κ1) is 26.3. The van der Waals surface area contributed by atoms with Crippen molar-refractivity contribution in [1.82, 2.24) is 4.90 Å². The highest BCUT2D eigenvalue weighted by molar-refractivity contribution is 6.17. The van der Waals surface area contributed by atoms with Gasteiger partial charge < -0.3 is 24.4 Å². The van der Waals surface area contributed by atoms with Crippen LogP contribution in [-0.2, 0) is 10.2 Å². The van der Waals surface area contributed by atoms with Gasteiger partial charge in [0, 0.05) is 17.5 Å². The van der Waals surface area contributed by atoms with Crippen LogP contribution in [0.2, 0.25) is 0 Å². The number of anilines is 1. The van der Waals surface area contributed by atoms with Crippen molar-refractivity contribution < 1.29 is 28.6 Å². The highest BCUT2D eigenvalue weighted by Gasteiger charge is 2.71. The molecule has 1 N–H and O–H groups in total. The van der Waals surface area contributed by atoms with Gasteiger partial charge in [-0.1, -0.05) is 54.6 Å². The summed E-state index contributed by atoms with van der Waals surface area (Å²) < 4.78 is 17.0. The van der Waals surface area contributed by atoms with Gasteiger partial charge in [-0.2, -0.15) is 0 Å². The van der Waals surface area contributed by atoms with E-state index in [0.717, 1.165) is 11.1 Å². The Hall–Kier alpha value is -5.37. The van der Waals surface area contributed by atoms with Gasteiger partial charge in [0.05, 0.1) is 24.1 Å². The van der Waals surface area contributed by atoms with E-state index in [4.69, 9.17) is 14.2 Å². The Morgan fingerprint density at radius 3 is 2.59 bits per heavy atom. The number of ketones is 2. The Kier molecular flexibility index (Phi) is 5.88. The lowest BCUT2D eigenvalue weighted by Crippen LogP contribution is -2.49. The molecule has 1 amide bonds. The lowest BCUT2D eigenvalue weighted by atomic mass is 9.62. The second-order valence-corrected chi connectivity index (χ2v) is 11.3. The summed E-state index contributed by atoms with van der Waals surface area (Å²) in [6, 6.07) is 25.8. The fourth-order valence-electron chi connectivity index (χ4n) is 7.51. The van der Waals surface area contributed by atoms with Crippen LogP contribution >= 0.6 is 0 Å². The summed E-state index contributed by atoms with van der Waals surface area (Å²) in [5.41, 5.74) is 2.40. The molecule has 8 rings (SSSR count). The van der Waals surface area contributed by atoms with E-state index < -0.39 is 23.4 Å². The summed E-state index contributed by atoms with van der Waals surface area (Å²) in [6.45, 7) is 2.28. The second-order valence-electron chi connectivity index (χ2n) is 11.3. The highest BCUT2D eigenvalue weighted by Crippen LogP contribution is 2.62. The average molecular weight is 585 g/mol. The third kappa shape index (κ3) is 3.54. The maximum absolute atomic E-state index is 15.1. The van der Waals surface area contributed by atoms with Crippen molar-refractivity contribution in [2.24, 2.45) is 5.92 Å². The van der Waals surface area contributed by atoms with E-state index in [-0.39, 0.29) is 24.3 Å². The fraction of sp³-hybridized carbons (Fsp3) is 0.194. The number of hydrogen-bond acceptors (Lipinski definition) is 7. The summed E-state index contributed by atoms with van der Waals surface area (Å²) in [6.07, 6.45) is 3.81. The van der Waals surface area contributed by atoms with Crippen molar-refractivity contribution in [2.75, 3.05) is 18.7 Å². The molecule has 44 heavy (non-hydrogen) atoms. The molecule has 4 heterocycles. The van der Waals surface area contributed by atoms with Crippen LogP contribution in [-0.4, -0.2) is 41.8 Å². The second kappa shape index (κ2) is 9.84. The van der Waals surface area contributed by atoms with E-state index in [2.05, 4.69) is 5.32 Å². The van der Waals surface area contributed by atoms with Crippen LogP contribution in [0.5, 0.6) is 17.2 Å². The molecular formula is C36H28N2O6. The number of hydrogen-bond donors (Lipinski definition) is 1. The number of carbonyl (C=O) groups is 3. The van der Waals surface area contributed by atoms with Crippen LogP contribution in [0.15, 0.2) is 97.2 Å². The maximum atomic E-state index is 15.1. The first-order valence-electron chi connectivity index (χ1n) is 14.7. The van der Waals surface area contributed by atoms with Crippen LogP contribution in [0.4, 0.5) is 5.69 Å². The Labute approximate surface area is 253 Å². The number of fused-ring (bicyclic) bond motifs is 7. The monoisotopic (exact) mass is 584 g/mol. The van der Waals surface area contributed by atoms with Gasteiger partial charge in [0.1, 0.15) is 17.2 Å². The Morgan fingerprint density at radius 2 is 1.70 bits per heavy atom. The van der Waals surface area contributed by atoms with Crippen LogP contribution in [0.1, 0.15) is 50.4 Å². The Bertz CT molecular complexity index is 1900. The molecule has 4 atom stereocenters. The largest absolute Gasteiger partial charge is 0.493 e. The van der Waals surface area contributed by atoms with Crippen LogP contribution < -0.4 is 19.5 Å². The predicted molar refractivity (Wildman–Crippen MR) is 163 cm³/mol. The minimum Gasteiger partial charge on any atom is -0.493 e. The van der Waals surface area contributed by atoms with Crippen molar-refractivity contribution in [3.8, 4) is 17.2 Å². The fourth-order valence-corrected chi connectivity index (χ4v) is 7.51. The standard InChI is InChI=1S/C36H28N2O6/c1-2-42-27-14-8-5-11-24(27)33(40)30-31(32(39)22-15-16-28-29(19-22)44-20-43-28)38-18-17-21-9-3-4-10-23(21)34(38)36(30)25-12-6-7-13-26(25)37-35(36)41/h3-19,30-31,34H,2,20H2,1H3,(H,37,41)/t30-,31+,34-,36-/m0/s1. The summed E-state index contributed by atoms with van der Waals surface area (Å²) >= 11 is 0. The molecule has 0 bridgehead atoms. The third-order valence-corrected chi connectivity index (χ3v) is 9.23. The van der Waals surface area contributed by atoms with Crippen LogP contribution in [0, 0.1) is 5.92 Å². The van der Waals surface area contributed by atoms with Gasteiger partial charge in [0.15, 0.2) is 23.1 Å². The summed E-state index contributed by atoms with van der Waals surface area (Å²) in [5.74, 6) is -0.612. The number of ether oxygens (including phenoxy) is 3. The lowest BCUT2D eigenvalue weighted by molar-refractivity contribution is -0.122. The summed E-state index contributed by atoms with van der Waals surface area (Å²) in [5, 5.41) is 3.08. The number of nitrogens with one attached hydrogen (secondary N) is 1. The van der Waals surface area contributed by atoms with Gasteiger partial charge in [0.2, 0.25) is 12.7 Å². The molecule has 218 valence electrons. The quantitative estimate of drug-likeness (QED) is 0.287. The number of benzene rings is 4. The zero-order chi connectivity index (χ0) is 30.0. The molecule has 0 aliphatic carbocycles. The molecule has 1 saturated heterocycles. The van der Waals surface area contributed by atoms with Crippen LogP contribution in [0.25, 0.3) is 6.08 Å². The van der Waals surface area contributed by atoms with E-state index in [1.807, 2.05) is 72.6 Å². The number of amides is 1. The summed E-state index contributed by atoms with van der Waals surface area (Å²) in [7, 11) is 0. The molecule has 0 radical (unpaired) electrons. The molecule has 4 aliphatic rings. The summed E-state index contributed by atoms with van der Waals surface area (Å²) in [4.78, 5) is 46.5. The van der Waals surface area contributed by atoms with Gasteiger partial charge in [-0.3, -0.25) is 14.4 Å². The SMILES string of the molecule is CCOc1ccccc1C(=O)[C@@H]1[C@H](C(=O)c2ccc3c(c2)OCO3)N2C=Cc3ccccc3[C@H]2[C@@]12C(=O)Nc1ccccc12. The molecule has 0 aromatic heterocycles. The topological polar surface area (TPSA) is 94.2 Å². The first-order chi connectivity index (χ1) is 21.5. The predicted octanol–water partition coefficient (Wildman–Crippen LogP) is 5.80. The molecule has 4 aromatic rings. The smallest absolute Gasteiger partial charge is 0.238 e. The number of para-hydroxylation sites is 2. The minimum absolute atomic E-state index is 0.0690. The average Bonchev–Trinajstić information content (AvgIpc) is 3.74. The van der Waals surface area contributed by atoms with E-state index in [1.165, 1.54) is 0 Å². The normalized spacial score (nSPS) is 23.6. The Balaban J connectivity index is 1.41. The lowest BCUT2D eigenvalue weighted by Gasteiger charge is -2.38. The van der Waals surface area contributed by atoms with Gasteiger partial charge in [-0.15, -0.1) is 0 Å². The molecular weight excluding hydrogens is 556 g/mol. The van der Waals surface area contributed by atoms with Crippen LogP contribution in [0.3, 0.4) is 0 Å². The molecule has 0 saturated carbocycles. The van der Waals surface area contributed by atoms with E-state index >= 15 is 4.79 Å². The molecule has 0 unspecified atom stereocenters. The molecule has 1 spiro atoms. The minimum atomic E-state index is -1.43. The van der Waals surface area contributed by atoms with Crippen molar-refractivity contribution in [3.05, 3.63) is 125 Å². The van der Waals surface area contributed by atoms with Gasteiger partial charge in [-0.25, -0.2) is 0 Å². The maximum Gasteiger partial charge on any atom is 0.238 e. The van der Waals surface area contributed by atoms with Crippen molar-refractivity contribution in [1.29, 1.82) is 0 Å². The van der Waals surface area contributed by atoms with Crippen molar-refractivity contribution in [2.45, 2.75) is 24.4 Å². The van der Waals surface area contributed by atoms with E-state index in [1.54, 1.807) is 42.5 Å². The van der Waals surface area contributed by atoms with Gasteiger partial charge in [-0.05, 0) is 66.1 Å².